The summed E-state index contributed by atoms with van der Waals surface area (Å²) in [5, 5.41) is 2.99. The molecule has 0 saturated carbocycles. The molecule has 0 saturated heterocycles. The topological polar surface area (TPSA) is 32.3 Å². The van der Waals surface area contributed by atoms with Crippen molar-refractivity contribution >= 4 is 21.8 Å². The number of amides is 1. The zero-order valence-electron chi connectivity index (χ0n) is 10.7. The lowest BCUT2D eigenvalue weighted by atomic mass is 10.2. The maximum Gasteiger partial charge on any atom is 0.222 e. The second-order valence-corrected chi connectivity index (χ2v) is 5.11. The largest absolute Gasteiger partial charge is 0.341 e. The standard InChI is InChI=1S/C13H18BrFN2O/c1-16-7-3-4-13(18)17(2)9-10-8-11(14)5-6-12(10)15/h5-6,8,16H,3-4,7,9H2,1-2H3. The van der Waals surface area contributed by atoms with E-state index in [2.05, 4.69) is 21.2 Å². The monoisotopic (exact) mass is 316 g/mol. The Morgan fingerprint density at radius 3 is 2.89 bits per heavy atom. The maximum absolute atomic E-state index is 13.5. The van der Waals surface area contributed by atoms with Crippen LogP contribution in [-0.2, 0) is 11.3 Å². The fourth-order valence-electron chi connectivity index (χ4n) is 1.62. The summed E-state index contributed by atoms with van der Waals surface area (Å²) >= 11 is 3.30. The summed E-state index contributed by atoms with van der Waals surface area (Å²) in [5.41, 5.74) is 0.522. The SMILES string of the molecule is CNCCCC(=O)N(C)Cc1cc(Br)ccc1F. The molecule has 0 aliphatic carbocycles. The summed E-state index contributed by atoms with van der Waals surface area (Å²) in [4.78, 5) is 13.3. The number of hydrogen-bond acceptors (Lipinski definition) is 2. The molecule has 0 heterocycles. The van der Waals surface area contributed by atoms with Crippen LogP contribution in [0.5, 0.6) is 0 Å². The first-order valence-corrected chi connectivity index (χ1v) is 6.66. The van der Waals surface area contributed by atoms with Crippen molar-refractivity contribution in [3.63, 3.8) is 0 Å². The van der Waals surface area contributed by atoms with Crippen molar-refractivity contribution in [2.24, 2.45) is 0 Å². The van der Waals surface area contributed by atoms with Crippen LogP contribution in [0.2, 0.25) is 0 Å². The highest BCUT2D eigenvalue weighted by Crippen LogP contribution is 2.17. The number of benzene rings is 1. The highest BCUT2D eigenvalue weighted by Gasteiger charge is 2.11. The summed E-state index contributed by atoms with van der Waals surface area (Å²) in [6, 6.07) is 4.75. The van der Waals surface area contributed by atoms with E-state index in [4.69, 9.17) is 0 Å². The van der Waals surface area contributed by atoms with E-state index >= 15 is 0 Å². The predicted molar refractivity (Wildman–Crippen MR) is 73.7 cm³/mol. The van der Waals surface area contributed by atoms with E-state index in [1.54, 1.807) is 24.1 Å². The molecular formula is C13H18BrFN2O. The maximum atomic E-state index is 13.5. The molecule has 1 aromatic carbocycles. The van der Waals surface area contributed by atoms with Crippen LogP contribution < -0.4 is 5.32 Å². The third-order valence-corrected chi connectivity index (χ3v) is 3.15. The minimum absolute atomic E-state index is 0.0321. The third kappa shape index (κ3) is 4.74. The normalized spacial score (nSPS) is 10.4. The lowest BCUT2D eigenvalue weighted by Crippen LogP contribution is -2.27. The first-order chi connectivity index (χ1) is 8.54. The second kappa shape index (κ2) is 7.48. The fourth-order valence-corrected chi connectivity index (χ4v) is 2.02. The van der Waals surface area contributed by atoms with E-state index in [0.29, 0.717) is 18.5 Å². The first kappa shape index (κ1) is 15.1. The van der Waals surface area contributed by atoms with Crippen molar-refractivity contribution in [3.8, 4) is 0 Å². The van der Waals surface area contributed by atoms with E-state index in [1.165, 1.54) is 6.07 Å². The molecule has 1 aromatic rings. The van der Waals surface area contributed by atoms with Crippen LogP contribution >= 0.6 is 15.9 Å². The molecule has 0 unspecified atom stereocenters. The molecule has 1 amide bonds. The van der Waals surface area contributed by atoms with Crippen LogP contribution in [0.25, 0.3) is 0 Å². The van der Waals surface area contributed by atoms with E-state index in [9.17, 15) is 9.18 Å². The molecule has 0 aliphatic rings. The Morgan fingerprint density at radius 1 is 1.50 bits per heavy atom. The molecule has 1 rings (SSSR count). The number of nitrogens with zero attached hydrogens (tertiary/aromatic N) is 1. The molecule has 0 aliphatic heterocycles. The van der Waals surface area contributed by atoms with Gasteiger partial charge >= 0.3 is 0 Å². The predicted octanol–water partition coefficient (Wildman–Crippen LogP) is 2.55. The van der Waals surface area contributed by atoms with Gasteiger partial charge in [-0.2, -0.15) is 0 Å². The van der Waals surface area contributed by atoms with E-state index in [1.807, 2.05) is 7.05 Å². The minimum atomic E-state index is -0.284. The number of halogens is 2. The molecule has 0 aromatic heterocycles. The smallest absolute Gasteiger partial charge is 0.222 e. The Labute approximate surface area is 115 Å². The third-order valence-electron chi connectivity index (χ3n) is 2.66. The van der Waals surface area contributed by atoms with Crippen LogP contribution in [0, 0.1) is 5.82 Å². The minimum Gasteiger partial charge on any atom is -0.341 e. The first-order valence-electron chi connectivity index (χ1n) is 5.87. The Kier molecular flexibility index (Phi) is 6.29. The van der Waals surface area contributed by atoms with Gasteiger partial charge in [0.05, 0.1) is 0 Å². The molecule has 0 atom stereocenters. The van der Waals surface area contributed by atoms with Gasteiger partial charge in [-0.3, -0.25) is 4.79 Å². The lowest BCUT2D eigenvalue weighted by molar-refractivity contribution is -0.130. The second-order valence-electron chi connectivity index (χ2n) is 4.19. The van der Waals surface area contributed by atoms with Gasteiger partial charge in [-0.15, -0.1) is 0 Å². The molecule has 5 heteroatoms. The zero-order chi connectivity index (χ0) is 13.5. The van der Waals surface area contributed by atoms with E-state index in [-0.39, 0.29) is 11.7 Å². The molecule has 0 bridgehead atoms. The summed E-state index contributed by atoms with van der Waals surface area (Å²) in [6.45, 7) is 1.11. The van der Waals surface area contributed by atoms with Gasteiger partial charge in [0.2, 0.25) is 5.91 Å². The van der Waals surface area contributed by atoms with Crippen LogP contribution in [0.15, 0.2) is 22.7 Å². The summed E-state index contributed by atoms with van der Waals surface area (Å²) in [7, 11) is 3.55. The van der Waals surface area contributed by atoms with Crippen LogP contribution in [0.1, 0.15) is 18.4 Å². The molecule has 18 heavy (non-hydrogen) atoms. The summed E-state index contributed by atoms with van der Waals surface area (Å²) in [6.07, 6.45) is 1.27. The number of hydrogen-bond donors (Lipinski definition) is 1. The summed E-state index contributed by atoms with van der Waals surface area (Å²) < 4.78 is 14.3. The quantitative estimate of drug-likeness (QED) is 0.818. The van der Waals surface area contributed by atoms with Crippen molar-refractivity contribution in [1.29, 1.82) is 0 Å². The van der Waals surface area contributed by atoms with Gasteiger partial charge in [0, 0.05) is 30.0 Å². The number of carbonyl (C=O) groups is 1. The van der Waals surface area contributed by atoms with Gasteiger partial charge in [0.1, 0.15) is 5.82 Å². The molecule has 1 N–H and O–H groups in total. The van der Waals surface area contributed by atoms with Gasteiger partial charge in [-0.05, 0) is 38.2 Å². The molecule has 100 valence electrons. The highest BCUT2D eigenvalue weighted by atomic mass is 79.9. The van der Waals surface area contributed by atoms with Crippen molar-refractivity contribution in [2.45, 2.75) is 19.4 Å². The number of rotatable bonds is 6. The zero-order valence-corrected chi connectivity index (χ0v) is 12.3. The highest BCUT2D eigenvalue weighted by molar-refractivity contribution is 9.10. The van der Waals surface area contributed by atoms with Gasteiger partial charge in [-0.25, -0.2) is 4.39 Å². The Morgan fingerprint density at radius 2 is 2.22 bits per heavy atom. The molecule has 0 spiro atoms. The van der Waals surface area contributed by atoms with Crippen molar-refractivity contribution < 1.29 is 9.18 Å². The fraction of sp³-hybridized carbons (Fsp3) is 0.462. The van der Waals surface area contributed by atoms with Gasteiger partial charge < -0.3 is 10.2 Å². The van der Waals surface area contributed by atoms with Crippen LogP contribution in [-0.4, -0.2) is 31.4 Å². The van der Waals surface area contributed by atoms with Crippen LogP contribution in [0.3, 0.4) is 0 Å². The van der Waals surface area contributed by atoms with Crippen molar-refractivity contribution in [1.82, 2.24) is 10.2 Å². The van der Waals surface area contributed by atoms with Crippen molar-refractivity contribution in [2.75, 3.05) is 20.6 Å². The lowest BCUT2D eigenvalue weighted by Gasteiger charge is -2.17. The van der Waals surface area contributed by atoms with Gasteiger partial charge in [0.25, 0.3) is 0 Å². The number of nitrogens with one attached hydrogen (secondary N) is 1. The number of carbonyl (C=O) groups excluding carboxylic acids is 1. The summed E-state index contributed by atoms with van der Waals surface area (Å²) in [5.74, 6) is -0.252. The van der Waals surface area contributed by atoms with Gasteiger partial charge in [0.15, 0.2) is 0 Å². The van der Waals surface area contributed by atoms with Crippen molar-refractivity contribution in [3.05, 3.63) is 34.1 Å². The molecule has 0 radical (unpaired) electrons. The van der Waals surface area contributed by atoms with E-state index < -0.39 is 0 Å². The average molecular weight is 317 g/mol. The Bertz CT molecular complexity index is 412. The van der Waals surface area contributed by atoms with Gasteiger partial charge in [-0.1, -0.05) is 15.9 Å². The van der Waals surface area contributed by atoms with Crippen LogP contribution in [0.4, 0.5) is 4.39 Å². The molecule has 3 nitrogen and oxygen atoms in total. The van der Waals surface area contributed by atoms with E-state index in [0.717, 1.165) is 17.4 Å². The Balaban J connectivity index is 2.55. The average Bonchev–Trinajstić information content (AvgIpc) is 2.34. The molecular weight excluding hydrogens is 299 g/mol. The Hall–Kier alpha value is -0.940. The molecule has 0 fully saturated rings.